The number of benzene rings is 1. The van der Waals surface area contributed by atoms with E-state index in [1.54, 1.807) is 0 Å². The van der Waals surface area contributed by atoms with Gasteiger partial charge in [0.1, 0.15) is 5.52 Å². The van der Waals surface area contributed by atoms with E-state index < -0.39 is 0 Å². The molecule has 1 N–H and O–H groups in total. The predicted octanol–water partition coefficient (Wildman–Crippen LogP) is 3.86. The Morgan fingerprint density at radius 2 is 2.05 bits per heavy atom. The minimum Gasteiger partial charge on any atom is -0.440 e. The lowest BCUT2D eigenvalue weighted by Crippen LogP contribution is -2.21. The van der Waals surface area contributed by atoms with Crippen molar-refractivity contribution in [2.24, 2.45) is 5.41 Å². The van der Waals surface area contributed by atoms with Crippen LogP contribution in [0.4, 0.5) is 5.69 Å². The number of hydrogen-bond donors (Lipinski definition) is 1. The summed E-state index contributed by atoms with van der Waals surface area (Å²) in [5.74, 6) is 0.807. The third-order valence-corrected chi connectivity index (χ3v) is 3.84. The number of amides is 1. The molecule has 1 heterocycles. The molecule has 0 unspecified atom stereocenters. The van der Waals surface area contributed by atoms with Crippen LogP contribution in [0.3, 0.4) is 0 Å². The summed E-state index contributed by atoms with van der Waals surface area (Å²) in [5.41, 5.74) is 2.03. The molecule has 106 valence electrons. The van der Waals surface area contributed by atoms with Crippen molar-refractivity contribution in [2.75, 3.05) is 5.32 Å². The Kier molecular flexibility index (Phi) is 2.68. The molecule has 4 heteroatoms. The Morgan fingerprint density at radius 1 is 1.35 bits per heavy atom. The Hall–Kier alpha value is -1.84. The van der Waals surface area contributed by atoms with Crippen molar-refractivity contribution in [3.8, 4) is 0 Å². The summed E-state index contributed by atoms with van der Waals surface area (Å²) in [6.45, 7) is 8.19. The third-order valence-electron chi connectivity index (χ3n) is 3.84. The molecule has 2 aromatic rings. The average Bonchev–Trinajstić information content (AvgIpc) is 2.96. The summed E-state index contributed by atoms with van der Waals surface area (Å²) in [6.07, 6.45) is 1.94. The van der Waals surface area contributed by atoms with Crippen molar-refractivity contribution in [3.63, 3.8) is 0 Å². The van der Waals surface area contributed by atoms with Crippen LogP contribution in [0.2, 0.25) is 0 Å². The first-order valence-corrected chi connectivity index (χ1v) is 7.00. The van der Waals surface area contributed by atoms with E-state index in [2.05, 4.69) is 31.1 Å². The SMILES string of the molecule is CC1(C(=O)Nc2ccc3oc(C(C)(C)C)nc3c2)CC1. The lowest BCUT2D eigenvalue weighted by Gasteiger charge is -2.11. The molecule has 1 aliphatic carbocycles. The highest BCUT2D eigenvalue weighted by Crippen LogP contribution is 2.45. The van der Waals surface area contributed by atoms with E-state index in [1.807, 2.05) is 25.1 Å². The summed E-state index contributed by atoms with van der Waals surface area (Å²) in [5, 5.41) is 2.96. The highest BCUT2D eigenvalue weighted by molar-refractivity contribution is 5.98. The van der Waals surface area contributed by atoms with E-state index in [-0.39, 0.29) is 16.7 Å². The monoisotopic (exact) mass is 272 g/mol. The number of oxazole rings is 1. The van der Waals surface area contributed by atoms with Crippen molar-refractivity contribution in [3.05, 3.63) is 24.1 Å². The van der Waals surface area contributed by atoms with Gasteiger partial charge in [-0.1, -0.05) is 27.7 Å². The zero-order chi connectivity index (χ0) is 14.5. The van der Waals surface area contributed by atoms with Crippen LogP contribution < -0.4 is 5.32 Å². The number of rotatable bonds is 2. The van der Waals surface area contributed by atoms with Crippen molar-refractivity contribution in [1.82, 2.24) is 4.98 Å². The molecule has 1 aromatic carbocycles. The molecule has 0 saturated heterocycles. The first-order valence-electron chi connectivity index (χ1n) is 7.00. The van der Waals surface area contributed by atoms with Crippen LogP contribution in [-0.2, 0) is 10.2 Å². The van der Waals surface area contributed by atoms with E-state index in [4.69, 9.17) is 4.42 Å². The van der Waals surface area contributed by atoms with Crippen LogP contribution >= 0.6 is 0 Å². The Morgan fingerprint density at radius 3 is 2.65 bits per heavy atom. The Balaban J connectivity index is 1.88. The molecule has 1 fully saturated rings. The smallest absolute Gasteiger partial charge is 0.230 e. The number of nitrogens with one attached hydrogen (secondary N) is 1. The molecular formula is C16H20N2O2. The van der Waals surface area contributed by atoms with Gasteiger partial charge in [-0.2, -0.15) is 0 Å². The number of aromatic nitrogens is 1. The molecule has 1 saturated carbocycles. The summed E-state index contributed by atoms with van der Waals surface area (Å²) in [7, 11) is 0. The number of anilines is 1. The van der Waals surface area contributed by atoms with Crippen LogP contribution in [0, 0.1) is 5.41 Å². The summed E-state index contributed by atoms with van der Waals surface area (Å²) >= 11 is 0. The molecule has 0 bridgehead atoms. The van der Waals surface area contributed by atoms with Gasteiger partial charge in [-0.25, -0.2) is 4.98 Å². The van der Waals surface area contributed by atoms with E-state index in [1.165, 1.54) is 0 Å². The molecule has 0 aliphatic heterocycles. The second-order valence-electron chi connectivity index (χ2n) is 6.97. The van der Waals surface area contributed by atoms with E-state index in [0.717, 1.165) is 29.6 Å². The maximum Gasteiger partial charge on any atom is 0.230 e. The van der Waals surface area contributed by atoms with Crippen LogP contribution in [-0.4, -0.2) is 10.9 Å². The van der Waals surface area contributed by atoms with Crippen molar-refractivity contribution in [2.45, 2.75) is 46.0 Å². The normalized spacial score (nSPS) is 17.2. The van der Waals surface area contributed by atoms with Gasteiger partial charge in [0.15, 0.2) is 5.58 Å². The second-order valence-corrected chi connectivity index (χ2v) is 6.97. The van der Waals surface area contributed by atoms with Gasteiger partial charge in [0.05, 0.1) is 0 Å². The molecule has 1 aromatic heterocycles. The van der Waals surface area contributed by atoms with Crippen molar-refractivity contribution >= 4 is 22.7 Å². The van der Waals surface area contributed by atoms with Crippen LogP contribution in [0.15, 0.2) is 22.6 Å². The van der Waals surface area contributed by atoms with Gasteiger partial charge >= 0.3 is 0 Å². The predicted molar refractivity (Wildman–Crippen MR) is 78.7 cm³/mol. The van der Waals surface area contributed by atoms with E-state index in [0.29, 0.717) is 5.89 Å². The van der Waals surface area contributed by atoms with Gasteiger partial charge < -0.3 is 9.73 Å². The molecule has 3 rings (SSSR count). The van der Waals surface area contributed by atoms with Crippen LogP contribution in [0.5, 0.6) is 0 Å². The number of carbonyl (C=O) groups excluding carboxylic acids is 1. The quantitative estimate of drug-likeness (QED) is 0.903. The van der Waals surface area contributed by atoms with Gasteiger partial charge in [0.25, 0.3) is 0 Å². The van der Waals surface area contributed by atoms with E-state index >= 15 is 0 Å². The topological polar surface area (TPSA) is 55.1 Å². The number of hydrogen-bond acceptors (Lipinski definition) is 3. The molecule has 1 aliphatic rings. The summed E-state index contributed by atoms with van der Waals surface area (Å²) in [6, 6.07) is 5.60. The fraction of sp³-hybridized carbons (Fsp3) is 0.500. The largest absolute Gasteiger partial charge is 0.440 e. The summed E-state index contributed by atoms with van der Waals surface area (Å²) in [4.78, 5) is 16.6. The zero-order valence-electron chi connectivity index (χ0n) is 12.4. The lowest BCUT2D eigenvalue weighted by molar-refractivity contribution is -0.120. The third kappa shape index (κ3) is 2.30. The van der Waals surface area contributed by atoms with Gasteiger partial charge in [0.2, 0.25) is 11.8 Å². The summed E-state index contributed by atoms with van der Waals surface area (Å²) < 4.78 is 5.75. The molecule has 1 amide bonds. The van der Waals surface area contributed by atoms with Crippen molar-refractivity contribution in [1.29, 1.82) is 0 Å². The molecule has 0 spiro atoms. The van der Waals surface area contributed by atoms with Gasteiger partial charge in [-0.05, 0) is 31.0 Å². The van der Waals surface area contributed by atoms with Gasteiger partial charge in [0, 0.05) is 16.5 Å². The minimum absolute atomic E-state index is 0.0939. The highest BCUT2D eigenvalue weighted by atomic mass is 16.3. The molecule has 20 heavy (non-hydrogen) atoms. The second kappa shape index (κ2) is 4.08. The van der Waals surface area contributed by atoms with Crippen LogP contribution in [0.25, 0.3) is 11.1 Å². The first kappa shape index (κ1) is 13.2. The van der Waals surface area contributed by atoms with Crippen molar-refractivity contribution < 1.29 is 9.21 Å². The number of nitrogens with zero attached hydrogens (tertiary/aromatic N) is 1. The Labute approximate surface area is 118 Å². The van der Waals surface area contributed by atoms with Gasteiger partial charge in [-0.15, -0.1) is 0 Å². The standard InChI is InChI=1S/C16H20N2O2/c1-15(2,3)14-18-11-9-10(5-6-12(11)20-14)17-13(19)16(4)7-8-16/h5-6,9H,7-8H2,1-4H3,(H,17,19). The lowest BCUT2D eigenvalue weighted by atomic mass is 9.97. The molecule has 0 radical (unpaired) electrons. The zero-order valence-corrected chi connectivity index (χ0v) is 12.4. The number of carbonyl (C=O) groups is 1. The van der Waals surface area contributed by atoms with E-state index in [9.17, 15) is 4.79 Å². The first-order chi connectivity index (χ1) is 9.28. The molecular weight excluding hydrogens is 252 g/mol. The molecule has 0 atom stereocenters. The maximum absolute atomic E-state index is 12.0. The maximum atomic E-state index is 12.0. The van der Waals surface area contributed by atoms with Gasteiger partial charge in [-0.3, -0.25) is 4.79 Å². The fourth-order valence-corrected chi connectivity index (χ4v) is 2.02. The Bertz CT molecular complexity index is 675. The minimum atomic E-state index is -0.171. The average molecular weight is 272 g/mol. The molecule has 4 nitrogen and oxygen atoms in total. The number of fused-ring (bicyclic) bond motifs is 1. The fourth-order valence-electron chi connectivity index (χ4n) is 2.02. The van der Waals surface area contributed by atoms with Crippen LogP contribution in [0.1, 0.15) is 46.4 Å². The highest BCUT2D eigenvalue weighted by Gasteiger charge is 2.44.